The van der Waals surface area contributed by atoms with E-state index in [0.717, 1.165) is 41.9 Å². The molecule has 1 aliphatic heterocycles. The van der Waals surface area contributed by atoms with Crippen molar-refractivity contribution in [2.45, 2.75) is 33.5 Å². The molecule has 0 unspecified atom stereocenters. The fraction of sp³-hybridized carbons (Fsp3) is 0.333. The Morgan fingerprint density at radius 3 is 2.73 bits per heavy atom. The van der Waals surface area contributed by atoms with E-state index >= 15 is 0 Å². The molecule has 0 bridgehead atoms. The largest absolute Gasteiger partial charge is 0.364 e. The van der Waals surface area contributed by atoms with Gasteiger partial charge in [-0.25, -0.2) is 4.98 Å². The number of ether oxygens (including phenoxy) is 1. The Morgan fingerprint density at radius 2 is 2.00 bits per heavy atom. The minimum Gasteiger partial charge on any atom is -0.364 e. The van der Waals surface area contributed by atoms with E-state index in [2.05, 4.69) is 53.6 Å². The molecule has 0 amide bonds. The van der Waals surface area contributed by atoms with Crippen molar-refractivity contribution in [2.24, 2.45) is 0 Å². The van der Waals surface area contributed by atoms with Gasteiger partial charge in [0.05, 0.1) is 5.52 Å². The molecular weight excluding hydrogens is 324 g/mol. The Labute approximate surface area is 153 Å². The number of hydrogen-bond acceptors (Lipinski definition) is 4. The molecule has 0 atom stereocenters. The van der Waals surface area contributed by atoms with E-state index in [1.807, 2.05) is 6.07 Å². The van der Waals surface area contributed by atoms with Gasteiger partial charge in [0, 0.05) is 31.3 Å². The van der Waals surface area contributed by atoms with E-state index in [1.165, 1.54) is 16.7 Å². The number of nitriles is 1. The van der Waals surface area contributed by atoms with E-state index in [-0.39, 0.29) is 0 Å². The molecule has 0 aliphatic carbocycles. The maximum atomic E-state index is 9.49. The lowest BCUT2D eigenvalue weighted by Crippen LogP contribution is -2.31. The molecular formula is C21H22N4O. The summed E-state index contributed by atoms with van der Waals surface area (Å²) < 4.78 is 7.60. The van der Waals surface area contributed by atoms with Crippen LogP contribution in [0.2, 0.25) is 0 Å². The summed E-state index contributed by atoms with van der Waals surface area (Å²) in [4.78, 5) is 6.99. The van der Waals surface area contributed by atoms with Crippen molar-refractivity contribution in [1.82, 2.24) is 9.55 Å². The van der Waals surface area contributed by atoms with Crippen molar-refractivity contribution >= 4 is 16.7 Å². The highest BCUT2D eigenvalue weighted by atomic mass is 16.5. The van der Waals surface area contributed by atoms with Crippen LogP contribution < -0.4 is 4.90 Å². The van der Waals surface area contributed by atoms with Gasteiger partial charge in [-0.3, -0.25) is 0 Å². The van der Waals surface area contributed by atoms with Gasteiger partial charge < -0.3 is 14.2 Å². The molecule has 26 heavy (non-hydrogen) atoms. The number of hydrogen-bond donors (Lipinski definition) is 0. The lowest BCUT2D eigenvalue weighted by molar-refractivity contribution is 0.133. The minimum absolute atomic E-state index is 0.462. The Hall–Kier alpha value is -2.84. The summed E-state index contributed by atoms with van der Waals surface area (Å²) in [5, 5.41) is 10.6. The number of nitrogens with zero attached hydrogens (tertiary/aromatic N) is 4. The molecule has 3 aromatic rings. The van der Waals surface area contributed by atoms with Crippen LogP contribution in [-0.2, 0) is 24.4 Å². The van der Waals surface area contributed by atoms with Crippen LogP contribution in [0.4, 0.5) is 5.82 Å². The van der Waals surface area contributed by atoms with E-state index in [0.29, 0.717) is 12.4 Å². The number of methoxy groups -OCH3 is 1. The average Bonchev–Trinajstić information content (AvgIpc) is 2.92. The van der Waals surface area contributed by atoms with Gasteiger partial charge in [-0.05, 0) is 43.0 Å². The molecule has 0 spiro atoms. The number of fused-ring (bicyclic) bond motifs is 2. The molecule has 5 nitrogen and oxygen atoms in total. The summed E-state index contributed by atoms with van der Waals surface area (Å²) in [6, 6.07) is 12.7. The zero-order valence-electron chi connectivity index (χ0n) is 15.4. The second-order valence-corrected chi connectivity index (χ2v) is 6.84. The quantitative estimate of drug-likeness (QED) is 0.726. The van der Waals surface area contributed by atoms with Crippen LogP contribution in [0.15, 0.2) is 30.3 Å². The molecule has 0 fully saturated rings. The van der Waals surface area contributed by atoms with E-state index in [4.69, 9.17) is 9.72 Å². The van der Waals surface area contributed by atoms with E-state index in [1.54, 1.807) is 7.11 Å². The topological polar surface area (TPSA) is 54.1 Å². The number of pyridine rings is 1. The van der Waals surface area contributed by atoms with Crippen LogP contribution in [-0.4, -0.2) is 23.2 Å². The van der Waals surface area contributed by atoms with Gasteiger partial charge in [0.1, 0.15) is 18.5 Å². The minimum atomic E-state index is 0.462. The first-order valence-electron chi connectivity index (χ1n) is 8.85. The SMILES string of the molecule is COCn1c(C)c(C)c2cc(C#N)nc(N3CCc4ccccc4C3)c21. The third-order valence-electron chi connectivity index (χ3n) is 5.40. The number of benzene rings is 1. The highest BCUT2D eigenvalue weighted by Gasteiger charge is 2.23. The molecule has 0 N–H and O–H groups in total. The molecule has 5 heteroatoms. The van der Waals surface area contributed by atoms with Crippen LogP contribution in [0, 0.1) is 25.2 Å². The fourth-order valence-corrected chi connectivity index (χ4v) is 3.89. The second-order valence-electron chi connectivity index (χ2n) is 6.84. The zero-order chi connectivity index (χ0) is 18.3. The molecule has 4 rings (SSSR count). The van der Waals surface area contributed by atoms with Crippen LogP contribution in [0.3, 0.4) is 0 Å². The molecule has 2 aromatic heterocycles. The van der Waals surface area contributed by atoms with Gasteiger partial charge in [-0.15, -0.1) is 0 Å². The van der Waals surface area contributed by atoms with Crippen molar-refractivity contribution in [2.75, 3.05) is 18.6 Å². The summed E-state index contributed by atoms with van der Waals surface area (Å²) in [5.41, 5.74) is 6.57. The predicted molar refractivity (Wildman–Crippen MR) is 102 cm³/mol. The standard InChI is InChI=1S/C21H22N4O/c1-14-15(2)25(13-26-3)20-19(14)10-18(11-22)23-21(20)24-9-8-16-6-4-5-7-17(16)12-24/h4-7,10H,8-9,12-13H2,1-3H3. The summed E-state index contributed by atoms with van der Waals surface area (Å²) in [6.07, 6.45) is 0.985. The third-order valence-corrected chi connectivity index (χ3v) is 5.40. The summed E-state index contributed by atoms with van der Waals surface area (Å²) >= 11 is 0. The Kier molecular flexibility index (Phi) is 4.14. The Balaban J connectivity index is 1.92. The first-order chi connectivity index (χ1) is 12.6. The molecule has 0 radical (unpaired) electrons. The van der Waals surface area contributed by atoms with E-state index < -0.39 is 0 Å². The number of rotatable bonds is 3. The lowest BCUT2D eigenvalue weighted by atomic mass is 10.00. The third kappa shape index (κ3) is 2.54. The van der Waals surface area contributed by atoms with Crippen LogP contribution >= 0.6 is 0 Å². The first-order valence-corrected chi connectivity index (χ1v) is 8.85. The van der Waals surface area contributed by atoms with Crippen molar-refractivity contribution in [3.8, 4) is 6.07 Å². The number of anilines is 1. The zero-order valence-corrected chi connectivity index (χ0v) is 15.4. The van der Waals surface area contributed by atoms with Crippen molar-refractivity contribution in [3.63, 3.8) is 0 Å². The number of aromatic nitrogens is 2. The summed E-state index contributed by atoms with van der Waals surface area (Å²) in [6.45, 7) is 6.37. The van der Waals surface area contributed by atoms with Crippen molar-refractivity contribution < 1.29 is 4.74 Å². The van der Waals surface area contributed by atoms with Crippen LogP contribution in [0.5, 0.6) is 0 Å². The molecule has 1 aliphatic rings. The summed E-state index contributed by atoms with van der Waals surface area (Å²) in [5.74, 6) is 0.877. The molecule has 0 saturated heterocycles. The Morgan fingerprint density at radius 1 is 1.23 bits per heavy atom. The van der Waals surface area contributed by atoms with Gasteiger partial charge in [0.15, 0.2) is 5.82 Å². The van der Waals surface area contributed by atoms with Gasteiger partial charge in [-0.1, -0.05) is 24.3 Å². The van der Waals surface area contributed by atoms with Gasteiger partial charge in [0.25, 0.3) is 0 Å². The van der Waals surface area contributed by atoms with Crippen molar-refractivity contribution in [3.05, 3.63) is 58.4 Å². The van der Waals surface area contributed by atoms with Crippen LogP contribution in [0.1, 0.15) is 28.1 Å². The first kappa shape index (κ1) is 16.6. The number of aryl methyl sites for hydroxylation is 1. The maximum Gasteiger partial charge on any atom is 0.155 e. The van der Waals surface area contributed by atoms with Crippen LogP contribution in [0.25, 0.3) is 10.9 Å². The molecule has 132 valence electrons. The maximum absolute atomic E-state index is 9.49. The normalized spacial score (nSPS) is 13.7. The van der Waals surface area contributed by atoms with Gasteiger partial charge in [-0.2, -0.15) is 5.26 Å². The highest BCUT2D eigenvalue weighted by Crippen LogP contribution is 2.34. The molecule has 3 heterocycles. The fourth-order valence-electron chi connectivity index (χ4n) is 3.89. The summed E-state index contributed by atoms with van der Waals surface area (Å²) in [7, 11) is 1.70. The van der Waals surface area contributed by atoms with Gasteiger partial charge >= 0.3 is 0 Å². The lowest BCUT2D eigenvalue weighted by Gasteiger charge is -2.30. The smallest absolute Gasteiger partial charge is 0.155 e. The average molecular weight is 346 g/mol. The Bertz CT molecular complexity index is 1030. The van der Waals surface area contributed by atoms with Gasteiger partial charge in [0.2, 0.25) is 0 Å². The van der Waals surface area contributed by atoms with Crippen molar-refractivity contribution in [1.29, 1.82) is 5.26 Å². The second kappa shape index (κ2) is 6.47. The predicted octanol–water partition coefficient (Wildman–Crippen LogP) is 3.69. The molecule has 1 aromatic carbocycles. The molecule has 0 saturated carbocycles. The van der Waals surface area contributed by atoms with E-state index in [9.17, 15) is 5.26 Å². The monoisotopic (exact) mass is 346 g/mol. The highest BCUT2D eigenvalue weighted by molar-refractivity contribution is 5.94.